The summed E-state index contributed by atoms with van der Waals surface area (Å²) >= 11 is 0. The summed E-state index contributed by atoms with van der Waals surface area (Å²) in [6.45, 7) is 3.47. The second-order valence-electron chi connectivity index (χ2n) is 1.10. The average Bonchev–Trinajstić information content (AvgIpc) is 1.83. The van der Waals surface area contributed by atoms with Gasteiger partial charge in [-0.2, -0.15) is 5.01 Å². The van der Waals surface area contributed by atoms with Gasteiger partial charge >= 0.3 is 0 Å². The Bertz CT molecular complexity index is 94.2. The van der Waals surface area contributed by atoms with Gasteiger partial charge in [0, 0.05) is 0 Å². The minimum atomic E-state index is 0.174. The van der Waals surface area contributed by atoms with Crippen LogP contribution in [0.25, 0.3) is 0 Å². The van der Waals surface area contributed by atoms with Crippen LogP contribution in [0.3, 0.4) is 0 Å². The molecule has 0 unspecified atom stereocenters. The summed E-state index contributed by atoms with van der Waals surface area (Å²) in [6, 6.07) is 0. The van der Waals surface area contributed by atoms with Crippen LogP contribution >= 0.6 is 0 Å². The smallest absolute Gasteiger partial charge is 0.232 e. The number of hydrogen-bond acceptors (Lipinski definition) is 3. The van der Waals surface area contributed by atoms with Crippen molar-refractivity contribution < 1.29 is 4.79 Å². The third-order valence-corrected chi connectivity index (χ3v) is 0.543. The zero-order chi connectivity index (χ0) is 6.41. The van der Waals surface area contributed by atoms with Crippen molar-refractivity contribution in [1.82, 2.24) is 5.01 Å². The first kappa shape index (κ1) is 6.81. The molecule has 1 amide bonds. The summed E-state index contributed by atoms with van der Waals surface area (Å²) in [5.41, 5.74) is 0. The van der Waals surface area contributed by atoms with Crippen molar-refractivity contribution in [2.45, 2.75) is 0 Å². The highest BCUT2D eigenvalue weighted by Gasteiger charge is 1.91. The van der Waals surface area contributed by atoms with Gasteiger partial charge in [0.15, 0.2) is 0 Å². The van der Waals surface area contributed by atoms with Gasteiger partial charge < -0.3 is 0 Å². The highest BCUT2D eigenvalue weighted by Crippen LogP contribution is 1.80. The lowest BCUT2D eigenvalue weighted by atomic mass is 10.6. The van der Waals surface area contributed by atoms with Crippen molar-refractivity contribution in [1.29, 1.82) is 0 Å². The fourth-order valence-electron chi connectivity index (χ4n) is 0.228. The van der Waals surface area contributed by atoms with E-state index in [4.69, 9.17) is 0 Å². The lowest BCUT2D eigenvalue weighted by Crippen LogP contribution is -2.12. The van der Waals surface area contributed by atoms with E-state index in [1.165, 1.54) is 6.08 Å². The molecule has 0 radical (unpaired) electrons. The van der Waals surface area contributed by atoms with Crippen LogP contribution in [-0.2, 0) is 4.79 Å². The predicted octanol–water partition coefficient (Wildman–Crippen LogP) is 0.312. The minimum Gasteiger partial charge on any atom is -0.277 e. The maximum Gasteiger partial charge on any atom is 0.232 e. The van der Waals surface area contributed by atoms with Crippen molar-refractivity contribution in [2.75, 3.05) is 6.54 Å². The summed E-state index contributed by atoms with van der Waals surface area (Å²) in [4.78, 5) is 19.2. The van der Waals surface area contributed by atoms with Crippen LogP contribution in [0.4, 0.5) is 0 Å². The summed E-state index contributed by atoms with van der Waals surface area (Å²) in [7, 11) is 0. The van der Waals surface area contributed by atoms with E-state index in [0.717, 1.165) is 0 Å². The normalized spacial score (nSPS) is 7.50. The number of hydrogen-bond donors (Lipinski definition) is 0. The Balaban J connectivity index is 3.50. The van der Waals surface area contributed by atoms with Gasteiger partial charge in [-0.05, 0) is 0 Å². The molecule has 0 bridgehead atoms. The predicted molar refractivity (Wildman–Crippen MR) is 28.8 cm³/mol. The van der Waals surface area contributed by atoms with Crippen LogP contribution in [-0.4, -0.2) is 18.0 Å². The fourth-order valence-corrected chi connectivity index (χ4v) is 0.228. The first-order valence-corrected chi connectivity index (χ1v) is 2.01. The molecule has 8 heavy (non-hydrogen) atoms. The standard InChI is InChI=1S/C4H6N2O2/c1-2-3-6(4-7)5-8/h2,4H,1,3H2. The Kier molecular flexibility index (Phi) is 3.39. The molecular formula is C4H6N2O2. The Hall–Kier alpha value is -1.19. The highest BCUT2D eigenvalue weighted by atomic mass is 16.3. The molecule has 0 saturated heterocycles. The van der Waals surface area contributed by atoms with Gasteiger partial charge in [-0.15, -0.1) is 11.5 Å². The Morgan fingerprint density at radius 3 is 2.50 bits per heavy atom. The molecule has 0 aliphatic heterocycles. The lowest BCUT2D eigenvalue weighted by Gasteiger charge is -1.98. The minimum absolute atomic E-state index is 0.174. The largest absolute Gasteiger partial charge is 0.277 e. The van der Waals surface area contributed by atoms with Crippen molar-refractivity contribution in [3.05, 3.63) is 17.6 Å². The van der Waals surface area contributed by atoms with Crippen molar-refractivity contribution in [3.8, 4) is 0 Å². The van der Waals surface area contributed by atoms with Crippen LogP contribution in [0.15, 0.2) is 17.9 Å². The van der Waals surface area contributed by atoms with Gasteiger partial charge in [0.25, 0.3) is 0 Å². The molecule has 0 fully saturated rings. The van der Waals surface area contributed by atoms with Gasteiger partial charge in [0.05, 0.1) is 11.8 Å². The van der Waals surface area contributed by atoms with E-state index < -0.39 is 0 Å². The third kappa shape index (κ3) is 2.07. The van der Waals surface area contributed by atoms with E-state index in [2.05, 4.69) is 11.9 Å². The molecule has 0 saturated carbocycles. The third-order valence-electron chi connectivity index (χ3n) is 0.543. The second kappa shape index (κ2) is 3.98. The Morgan fingerprint density at radius 1 is 1.75 bits per heavy atom. The van der Waals surface area contributed by atoms with Crippen LogP contribution in [0.5, 0.6) is 0 Å². The quantitative estimate of drug-likeness (QED) is 0.228. The van der Waals surface area contributed by atoms with Crippen molar-refractivity contribution in [2.24, 2.45) is 5.29 Å². The first-order valence-electron chi connectivity index (χ1n) is 2.01. The molecule has 0 aromatic carbocycles. The van der Waals surface area contributed by atoms with Gasteiger partial charge in [0.2, 0.25) is 6.41 Å². The van der Waals surface area contributed by atoms with Gasteiger partial charge in [-0.3, -0.25) is 4.79 Å². The van der Waals surface area contributed by atoms with Crippen LogP contribution in [0, 0.1) is 4.91 Å². The van der Waals surface area contributed by atoms with Gasteiger partial charge in [-0.1, -0.05) is 6.08 Å². The molecule has 0 aliphatic rings. The van der Waals surface area contributed by atoms with E-state index >= 15 is 0 Å². The highest BCUT2D eigenvalue weighted by molar-refractivity contribution is 5.46. The molecule has 0 heterocycles. The molecule has 0 aromatic rings. The van der Waals surface area contributed by atoms with Crippen molar-refractivity contribution >= 4 is 6.41 Å². The summed E-state index contributed by atoms with van der Waals surface area (Å²) in [6.07, 6.45) is 1.75. The zero-order valence-electron chi connectivity index (χ0n) is 4.28. The first-order chi connectivity index (χ1) is 3.85. The van der Waals surface area contributed by atoms with E-state index in [-0.39, 0.29) is 6.54 Å². The monoisotopic (exact) mass is 114 g/mol. The molecule has 0 atom stereocenters. The molecule has 0 rings (SSSR count). The second-order valence-corrected chi connectivity index (χ2v) is 1.10. The van der Waals surface area contributed by atoms with Crippen LogP contribution < -0.4 is 0 Å². The number of carbonyl (C=O) groups excluding carboxylic acids is 1. The molecule has 0 aliphatic carbocycles. The zero-order valence-corrected chi connectivity index (χ0v) is 4.28. The molecule has 4 nitrogen and oxygen atoms in total. The molecule has 0 spiro atoms. The van der Waals surface area contributed by atoms with E-state index in [0.29, 0.717) is 11.4 Å². The summed E-state index contributed by atoms with van der Waals surface area (Å²) in [5.74, 6) is 0. The van der Waals surface area contributed by atoms with Crippen LogP contribution in [0.1, 0.15) is 0 Å². The maximum absolute atomic E-state index is 9.71. The average molecular weight is 114 g/mol. The maximum atomic E-state index is 9.71. The van der Waals surface area contributed by atoms with Gasteiger partial charge in [0.1, 0.15) is 0 Å². The SMILES string of the molecule is C=CCN(C=O)N=O. The van der Waals surface area contributed by atoms with E-state index in [1.54, 1.807) is 0 Å². The number of nitrogens with zero attached hydrogens (tertiary/aromatic N) is 2. The number of nitroso groups, excluding NO2 is 1. The summed E-state index contributed by atoms with van der Waals surface area (Å²) in [5, 5.41) is 3.04. The van der Waals surface area contributed by atoms with Crippen LogP contribution in [0.2, 0.25) is 0 Å². The van der Waals surface area contributed by atoms with E-state index in [9.17, 15) is 9.70 Å². The van der Waals surface area contributed by atoms with Gasteiger partial charge in [-0.25, -0.2) is 0 Å². The molecule has 44 valence electrons. The molecular weight excluding hydrogens is 108 g/mol. The molecule has 4 heteroatoms. The van der Waals surface area contributed by atoms with Crippen molar-refractivity contribution in [3.63, 3.8) is 0 Å². The fraction of sp³-hybridized carbons (Fsp3) is 0.250. The molecule has 0 aromatic heterocycles. The topological polar surface area (TPSA) is 49.7 Å². The number of carbonyl (C=O) groups is 1. The Morgan fingerprint density at radius 2 is 2.38 bits per heavy atom. The number of rotatable bonds is 4. The number of amides is 1. The lowest BCUT2D eigenvalue weighted by molar-refractivity contribution is -0.117. The summed E-state index contributed by atoms with van der Waals surface area (Å²) < 4.78 is 0. The molecule has 0 N–H and O–H groups in total. The Labute approximate surface area is 46.7 Å². The van der Waals surface area contributed by atoms with E-state index in [1.807, 2.05) is 0 Å².